The Morgan fingerprint density at radius 2 is 1.61 bits per heavy atom. The third-order valence-corrected chi connectivity index (χ3v) is 9.47. The third kappa shape index (κ3) is 5.72. The van der Waals surface area contributed by atoms with Gasteiger partial charge in [-0.1, -0.05) is 102 Å². The second-order valence-corrected chi connectivity index (χ2v) is 12.6. The molecular formula is C35H44F3N3. The Morgan fingerprint density at radius 1 is 0.927 bits per heavy atom. The first kappa shape index (κ1) is 29.5. The number of rotatable bonds is 12. The van der Waals surface area contributed by atoms with Crippen molar-refractivity contribution in [3.8, 4) is 0 Å². The van der Waals surface area contributed by atoms with Crippen molar-refractivity contribution >= 4 is 5.70 Å². The minimum Gasteiger partial charge on any atom is -0.402 e. The number of imidazole rings is 1. The smallest absolute Gasteiger partial charge is 0.402 e. The standard InChI is InChI=1S/C35H44F3N3/c1-4-5-6-7-8-9-10-11-12-13-14-25-21-31(41-23-30(40-24-41)35(36,37)38)33(2)20-19-29-28(32(25)33)18-16-26-15-17-27(39)22-34(26,29)3/h15-21,23-24H,4-14,22,39H2,1-3H3/t33-,34-/m1/s1. The van der Waals surface area contributed by atoms with Crippen molar-refractivity contribution in [1.29, 1.82) is 0 Å². The van der Waals surface area contributed by atoms with Gasteiger partial charge in [0.15, 0.2) is 5.69 Å². The fraction of sp³-hybridized carbons (Fsp3) is 0.514. The van der Waals surface area contributed by atoms with Crippen LogP contribution in [0.25, 0.3) is 5.70 Å². The van der Waals surface area contributed by atoms with E-state index in [9.17, 15) is 13.2 Å². The lowest BCUT2D eigenvalue weighted by molar-refractivity contribution is -0.140. The molecule has 0 fully saturated rings. The highest BCUT2D eigenvalue weighted by atomic mass is 19.4. The second-order valence-electron chi connectivity index (χ2n) is 12.6. The minimum atomic E-state index is -4.48. The normalized spacial score (nSPS) is 25.2. The molecule has 0 bridgehead atoms. The van der Waals surface area contributed by atoms with E-state index < -0.39 is 17.3 Å². The number of fused-ring (bicyclic) bond motifs is 4. The summed E-state index contributed by atoms with van der Waals surface area (Å²) >= 11 is 0. The van der Waals surface area contributed by atoms with E-state index in [4.69, 9.17) is 5.73 Å². The van der Waals surface area contributed by atoms with Crippen LogP contribution in [-0.4, -0.2) is 9.55 Å². The molecule has 0 unspecified atom stereocenters. The van der Waals surface area contributed by atoms with Crippen LogP contribution in [0.1, 0.15) is 104 Å². The van der Waals surface area contributed by atoms with Crippen molar-refractivity contribution in [3.05, 3.63) is 94.3 Å². The summed E-state index contributed by atoms with van der Waals surface area (Å²) in [5, 5.41) is 0. The monoisotopic (exact) mass is 563 g/mol. The Labute approximate surface area is 243 Å². The van der Waals surface area contributed by atoms with Crippen LogP contribution in [0.15, 0.2) is 88.6 Å². The molecule has 4 aliphatic rings. The van der Waals surface area contributed by atoms with E-state index in [0.717, 1.165) is 36.9 Å². The molecule has 0 spiro atoms. The summed E-state index contributed by atoms with van der Waals surface area (Å²) in [5.74, 6) is 0. The first-order valence-electron chi connectivity index (χ1n) is 15.4. The maximum Gasteiger partial charge on any atom is 0.434 e. The number of alkyl halides is 3. The molecule has 3 nitrogen and oxygen atoms in total. The molecule has 0 saturated heterocycles. The summed E-state index contributed by atoms with van der Waals surface area (Å²) in [7, 11) is 0. The predicted octanol–water partition coefficient (Wildman–Crippen LogP) is 9.99. The van der Waals surface area contributed by atoms with Gasteiger partial charge < -0.3 is 10.3 Å². The molecule has 1 heterocycles. The number of hydrogen-bond acceptors (Lipinski definition) is 2. The lowest BCUT2D eigenvalue weighted by Crippen LogP contribution is -2.33. The maximum atomic E-state index is 13.5. The lowest BCUT2D eigenvalue weighted by Gasteiger charge is -2.44. The molecular weight excluding hydrogens is 519 g/mol. The molecule has 6 heteroatoms. The van der Waals surface area contributed by atoms with Crippen molar-refractivity contribution in [2.45, 2.75) is 104 Å². The van der Waals surface area contributed by atoms with Gasteiger partial charge in [-0.05, 0) is 59.8 Å². The predicted molar refractivity (Wildman–Crippen MR) is 161 cm³/mol. The van der Waals surface area contributed by atoms with Crippen LogP contribution in [0.3, 0.4) is 0 Å². The van der Waals surface area contributed by atoms with Crippen LogP contribution >= 0.6 is 0 Å². The fourth-order valence-electron chi connectivity index (χ4n) is 7.16. The van der Waals surface area contributed by atoms with Crippen molar-refractivity contribution in [3.63, 3.8) is 0 Å². The van der Waals surface area contributed by atoms with E-state index in [-0.39, 0.29) is 5.41 Å². The molecule has 41 heavy (non-hydrogen) atoms. The van der Waals surface area contributed by atoms with Crippen LogP contribution in [0.4, 0.5) is 13.2 Å². The molecule has 0 aromatic carbocycles. The number of hydrogen-bond donors (Lipinski definition) is 1. The summed E-state index contributed by atoms with van der Waals surface area (Å²) in [6.45, 7) is 6.63. The fourth-order valence-corrected chi connectivity index (χ4v) is 7.16. The van der Waals surface area contributed by atoms with Gasteiger partial charge in [-0.3, -0.25) is 0 Å². The SMILES string of the molecule is CCCCCCCCCCCCC1=C2C3=C(C=C[C@]2(C)C(n2cnc(C(F)(F)F)c2)=C1)[C@]1(C)CC(N)=CC=C1C=C3. The molecule has 220 valence electrons. The van der Waals surface area contributed by atoms with E-state index in [0.29, 0.717) is 0 Å². The highest BCUT2D eigenvalue weighted by molar-refractivity contribution is 5.80. The molecule has 1 aromatic rings. The molecule has 0 aliphatic heterocycles. The number of aromatic nitrogens is 2. The highest BCUT2D eigenvalue weighted by Crippen LogP contribution is 2.59. The zero-order valence-electron chi connectivity index (χ0n) is 24.8. The highest BCUT2D eigenvalue weighted by Gasteiger charge is 2.47. The lowest BCUT2D eigenvalue weighted by atomic mass is 9.60. The topological polar surface area (TPSA) is 43.8 Å². The van der Waals surface area contributed by atoms with E-state index >= 15 is 0 Å². The number of unbranched alkanes of at least 4 members (excludes halogenated alkanes) is 9. The van der Waals surface area contributed by atoms with Crippen LogP contribution in [0, 0.1) is 10.8 Å². The summed E-state index contributed by atoms with van der Waals surface area (Å²) in [6, 6.07) is 0. The van der Waals surface area contributed by atoms with Crippen LogP contribution < -0.4 is 5.73 Å². The Kier molecular flexibility index (Phi) is 8.41. The third-order valence-electron chi connectivity index (χ3n) is 9.47. The Balaban J connectivity index is 1.39. The summed E-state index contributed by atoms with van der Waals surface area (Å²) < 4.78 is 42.0. The largest absolute Gasteiger partial charge is 0.434 e. The quantitative estimate of drug-likeness (QED) is 0.257. The first-order chi connectivity index (χ1) is 19.6. The van der Waals surface area contributed by atoms with Crippen molar-refractivity contribution in [2.75, 3.05) is 0 Å². The van der Waals surface area contributed by atoms with Crippen LogP contribution in [0.5, 0.6) is 0 Å². The average molecular weight is 564 g/mol. The minimum absolute atomic E-state index is 0.225. The number of allylic oxidation sites excluding steroid dienone is 14. The van der Waals surface area contributed by atoms with Gasteiger partial charge in [-0.25, -0.2) is 4.98 Å². The first-order valence-corrected chi connectivity index (χ1v) is 15.4. The van der Waals surface area contributed by atoms with Gasteiger partial charge in [0.1, 0.15) is 0 Å². The second kappa shape index (κ2) is 11.7. The van der Waals surface area contributed by atoms with Crippen LogP contribution in [-0.2, 0) is 6.18 Å². The van der Waals surface area contributed by atoms with Crippen molar-refractivity contribution in [2.24, 2.45) is 16.6 Å². The molecule has 4 aliphatic carbocycles. The van der Waals surface area contributed by atoms with Gasteiger partial charge in [0.2, 0.25) is 0 Å². The van der Waals surface area contributed by atoms with Gasteiger partial charge in [-0.2, -0.15) is 13.2 Å². The molecule has 2 atom stereocenters. The van der Waals surface area contributed by atoms with Crippen molar-refractivity contribution < 1.29 is 13.2 Å². The van der Waals surface area contributed by atoms with Crippen molar-refractivity contribution in [1.82, 2.24) is 9.55 Å². The van der Waals surface area contributed by atoms with Crippen LogP contribution in [0.2, 0.25) is 0 Å². The summed E-state index contributed by atoms with van der Waals surface area (Å²) in [4.78, 5) is 3.71. The summed E-state index contributed by atoms with van der Waals surface area (Å²) in [5.41, 5.74) is 12.5. The van der Waals surface area contributed by atoms with Gasteiger partial charge in [0.25, 0.3) is 0 Å². The molecule has 1 aromatic heterocycles. The molecule has 5 rings (SSSR count). The van der Waals surface area contributed by atoms with Gasteiger partial charge >= 0.3 is 6.18 Å². The number of halogens is 3. The number of nitrogens with two attached hydrogens (primary N) is 1. The zero-order chi connectivity index (χ0) is 29.3. The Morgan fingerprint density at radius 3 is 2.27 bits per heavy atom. The Hall–Kier alpha value is -3.02. The molecule has 0 radical (unpaired) electrons. The van der Waals surface area contributed by atoms with E-state index in [1.165, 1.54) is 92.0 Å². The van der Waals surface area contributed by atoms with Gasteiger partial charge in [-0.15, -0.1) is 0 Å². The van der Waals surface area contributed by atoms with E-state index in [2.05, 4.69) is 62.2 Å². The molecule has 0 saturated carbocycles. The summed E-state index contributed by atoms with van der Waals surface area (Å²) in [6.07, 6.45) is 27.3. The molecule has 2 N–H and O–H groups in total. The van der Waals surface area contributed by atoms with E-state index in [1.807, 2.05) is 6.08 Å². The Bertz CT molecular complexity index is 1380. The van der Waals surface area contributed by atoms with Gasteiger partial charge in [0, 0.05) is 29.4 Å². The zero-order valence-corrected chi connectivity index (χ0v) is 24.8. The van der Waals surface area contributed by atoms with Gasteiger partial charge in [0.05, 0.1) is 11.7 Å². The maximum absolute atomic E-state index is 13.5. The average Bonchev–Trinajstić information content (AvgIpc) is 3.52. The van der Waals surface area contributed by atoms with E-state index in [1.54, 1.807) is 4.57 Å². The number of nitrogens with zero attached hydrogens (tertiary/aromatic N) is 2. The molecule has 0 amide bonds.